The molecule has 0 unspecified atom stereocenters. The van der Waals surface area contributed by atoms with E-state index in [9.17, 15) is 8.42 Å². The molecule has 0 aliphatic carbocycles. The highest BCUT2D eigenvalue weighted by atomic mass is 32.2. The largest absolute Gasteiger partial charge is 0.493 e. The number of benzene rings is 2. The molecule has 2 aromatic carbocycles. The third-order valence-corrected chi connectivity index (χ3v) is 5.65. The molecule has 0 bridgehead atoms. The summed E-state index contributed by atoms with van der Waals surface area (Å²) in [6, 6.07) is 11.2. The SMILES string of the molecule is COc1ccc(CN(C)S(=O)(=O)c2cccc(C#N)c2)c(OC)c1OC. The average Bonchev–Trinajstić information content (AvgIpc) is 2.67. The minimum atomic E-state index is -3.78. The molecule has 0 atom stereocenters. The Labute approximate surface area is 153 Å². The van der Waals surface area contributed by atoms with Gasteiger partial charge in [0.15, 0.2) is 11.5 Å². The molecule has 0 aromatic heterocycles. The van der Waals surface area contributed by atoms with E-state index in [1.165, 1.54) is 50.9 Å². The smallest absolute Gasteiger partial charge is 0.243 e. The van der Waals surface area contributed by atoms with Crippen molar-refractivity contribution in [1.29, 1.82) is 5.26 Å². The molecule has 8 heteroatoms. The van der Waals surface area contributed by atoms with Gasteiger partial charge in [-0.1, -0.05) is 12.1 Å². The molecule has 138 valence electrons. The third-order valence-electron chi connectivity index (χ3n) is 3.85. The van der Waals surface area contributed by atoms with Gasteiger partial charge in [-0.05, 0) is 24.3 Å². The van der Waals surface area contributed by atoms with Gasteiger partial charge in [0.1, 0.15) is 0 Å². The number of methoxy groups -OCH3 is 3. The summed E-state index contributed by atoms with van der Waals surface area (Å²) in [5, 5.41) is 8.98. The molecule has 0 N–H and O–H groups in total. The number of nitriles is 1. The molecule has 0 saturated carbocycles. The highest BCUT2D eigenvalue weighted by molar-refractivity contribution is 7.89. The molecule has 0 saturated heterocycles. The maximum Gasteiger partial charge on any atom is 0.243 e. The van der Waals surface area contributed by atoms with Crippen LogP contribution in [0, 0.1) is 11.3 Å². The van der Waals surface area contributed by atoms with E-state index in [0.29, 0.717) is 22.8 Å². The van der Waals surface area contributed by atoms with Crippen LogP contribution >= 0.6 is 0 Å². The Balaban J connectivity index is 2.40. The van der Waals surface area contributed by atoms with Crippen LogP contribution in [0.15, 0.2) is 41.3 Å². The van der Waals surface area contributed by atoms with Gasteiger partial charge < -0.3 is 14.2 Å². The van der Waals surface area contributed by atoms with Crippen molar-refractivity contribution >= 4 is 10.0 Å². The first kappa shape index (κ1) is 19.6. The van der Waals surface area contributed by atoms with Gasteiger partial charge in [0.05, 0.1) is 37.9 Å². The Bertz CT molecular complexity index is 935. The van der Waals surface area contributed by atoms with Gasteiger partial charge in [-0.3, -0.25) is 0 Å². The molecule has 0 aliphatic rings. The Hall–Kier alpha value is -2.76. The van der Waals surface area contributed by atoms with Crippen molar-refractivity contribution in [3.05, 3.63) is 47.5 Å². The van der Waals surface area contributed by atoms with E-state index >= 15 is 0 Å². The number of nitrogens with zero attached hydrogens (tertiary/aromatic N) is 2. The molecule has 0 aliphatic heterocycles. The normalized spacial score (nSPS) is 11.1. The molecular formula is C18H20N2O5S. The van der Waals surface area contributed by atoms with Crippen LogP contribution in [0.4, 0.5) is 0 Å². The molecule has 0 spiro atoms. The Morgan fingerprint density at radius 2 is 1.73 bits per heavy atom. The second-order valence-corrected chi connectivity index (χ2v) is 7.44. The predicted molar refractivity (Wildman–Crippen MR) is 95.9 cm³/mol. The van der Waals surface area contributed by atoms with Crippen LogP contribution in [0.25, 0.3) is 0 Å². The number of sulfonamides is 1. The fraction of sp³-hybridized carbons (Fsp3) is 0.278. The fourth-order valence-electron chi connectivity index (χ4n) is 2.52. The summed E-state index contributed by atoms with van der Waals surface area (Å²) in [6.45, 7) is 0.0582. The second-order valence-electron chi connectivity index (χ2n) is 5.39. The van der Waals surface area contributed by atoms with E-state index in [4.69, 9.17) is 19.5 Å². The Morgan fingerprint density at radius 1 is 1.04 bits per heavy atom. The van der Waals surface area contributed by atoms with Crippen LogP contribution in [0.5, 0.6) is 17.2 Å². The highest BCUT2D eigenvalue weighted by Crippen LogP contribution is 2.40. The van der Waals surface area contributed by atoms with Crippen molar-refractivity contribution in [2.24, 2.45) is 0 Å². The van der Waals surface area contributed by atoms with E-state index in [1.807, 2.05) is 6.07 Å². The predicted octanol–water partition coefficient (Wildman–Crippen LogP) is 2.40. The van der Waals surface area contributed by atoms with Crippen molar-refractivity contribution < 1.29 is 22.6 Å². The first-order valence-electron chi connectivity index (χ1n) is 7.63. The zero-order chi connectivity index (χ0) is 19.3. The Morgan fingerprint density at radius 3 is 2.31 bits per heavy atom. The van der Waals surface area contributed by atoms with Crippen molar-refractivity contribution in [3.8, 4) is 23.3 Å². The minimum absolute atomic E-state index is 0.0542. The molecule has 7 nitrogen and oxygen atoms in total. The van der Waals surface area contributed by atoms with Gasteiger partial charge in [0.2, 0.25) is 15.8 Å². The lowest BCUT2D eigenvalue weighted by Crippen LogP contribution is -2.26. The summed E-state index contributed by atoms with van der Waals surface area (Å²) in [5.41, 5.74) is 0.899. The van der Waals surface area contributed by atoms with E-state index in [1.54, 1.807) is 18.2 Å². The van der Waals surface area contributed by atoms with Crippen molar-refractivity contribution in [2.75, 3.05) is 28.4 Å². The molecular weight excluding hydrogens is 356 g/mol. The second kappa shape index (κ2) is 8.08. The lowest BCUT2D eigenvalue weighted by Gasteiger charge is -2.21. The quantitative estimate of drug-likeness (QED) is 0.737. The maximum absolute atomic E-state index is 12.8. The molecule has 0 heterocycles. The standard InChI is InChI=1S/C18H20N2O5S/c1-20(26(21,22)15-7-5-6-13(10-15)11-19)12-14-8-9-16(23-2)18(25-4)17(14)24-3/h5-10H,12H2,1-4H3. The summed E-state index contributed by atoms with van der Waals surface area (Å²) < 4.78 is 42.7. The molecule has 2 rings (SSSR count). The zero-order valence-electron chi connectivity index (χ0n) is 15.0. The Kier molecular flexibility index (Phi) is 6.08. The summed E-state index contributed by atoms with van der Waals surface area (Å²) >= 11 is 0. The van der Waals surface area contributed by atoms with E-state index in [0.717, 1.165) is 0 Å². The average molecular weight is 376 g/mol. The van der Waals surface area contributed by atoms with Crippen LogP contribution in [0.3, 0.4) is 0 Å². The number of ether oxygens (including phenoxy) is 3. The zero-order valence-corrected chi connectivity index (χ0v) is 15.8. The lowest BCUT2D eigenvalue weighted by molar-refractivity contribution is 0.319. The fourth-order valence-corrected chi connectivity index (χ4v) is 3.71. The van der Waals surface area contributed by atoms with E-state index in [-0.39, 0.29) is 17.0 Å². The van der Waals surface area contributed by atoms with Crippen LogP contribution in [0.2, 0.25) is 0 Å². The van der Waals surface area contributed by atoms with Crippen LogP contribution in [0.1, 0.15) is 11.1 Å². The summed E-state index contributed by atoms with van der Waals surface area (Å²) in [5.74, 6) is 1.28. The number of hydrogen-bond donors (Lipinski definition) is 0. The highest BCUT2D eigenvalue weighted by Gasteiger charge is 2.24. The van der Waals surface area contributed by atoms with Gasteiger partial charge in [-0.25, -0.2) is 8.42 Å². The summed E-state index contributed by atoms with van der Waals surface area (Å²) in [6.07, 6.45) is 0. The van der Waals surface area contributed by atoms with E-state index in [2.05, 4.69) is 0 Å². The van der Waals surface area contributed by atoms with Gasteiger partial charge in [-0.2, -0.15) is 9.57 Å². The topological polar surface area (TPSA) is 88.9 Å². The van der Waals surface area contributed by atoms with Crippen LogP contribution in [-0.4, -0.2) is 41.1 Å². The van der Waals surface area contributed by atoms with Gasteiger partial charge in [0.25, 0.3) is 0 Å². The summed E-state index contributed by atoms with van der Waals surface area (Å²) in [4.78, 5) is 0.0542. The van der Waals surface area contributed by atoms with Gasteiger partial charge in [0, 0.05) is 19.2 Å². The van der Waals surface area contributed by atoms with Crippen molar-refractivity contribution in [2.45, 2.75) is 11.4 Å². The van der Waals surface area contributed by atoms with Gasteiger partial charge >= 0.3 is 0 Å². The van der Waals surface area contributed by atoms with Crippen molar-refractivity contribution in [3.63, 3.8) is 0 Å². The van der Waals surface area contributed by atoms with Crippen LogP contribution in [-0.2, 0) is 16.6 Å². The lowest BCUT2D eigenvalue weighted by atomic mass is 10.1. The first-order chi connectivity index (χ1) is 12.4. The maximum atomic E-state index is 12.8. The molecule has 0 fully saturated rings. The number of hydrogen-bond acceptors (Lipinski definition) is 6. The monoisotopic (exact) mass is 376 g/mol. The van der Waals surface area contributed by atoms with Gasteiger partial charge in [-0.15, -0.1) is 0 Å². The third kappa shape index (κ3) is 3.74. The first-order valence-corrected chi connectivity index (χ1v) is 9.07. The molecule has 2 aromatic rings. The van der Waals surface area contributed by atoms with Crippen LogP contribution < -0.4 is 14.2 Å². The molecule has 0 radical (unpaired) electrons. The summed E-state index contributed by atoms with van der Waals surface area (Å²) in [7, 11) is 2.16. The number of rotatable bonds is 7. The van der Waals surface area contributed by atoms with Crippen molar-refractivity contribution in [1.82, 2.24) is 4.31 Å². The molecule has 26 heavy (non-hydrogen) atoms. The molecule has 0 amide bonds. The minimum Gasteiger partial charge on any atom is -0.493 e. The van der Waals surface area contributed by atoms with E-state index < -0.39 is 10.0 Å².